The fraction of sp³-hybridized carbons (Fsp3) is 0.455. The second-order valence-electron chi connectivity index (χ2n) is 4.26. The molecule has 0 aliphatic carbocycles. The van der Waals surface area contributed by atoms with Crippen LogP contribution in [0.4, 0.5) is 5.69 Å². The molecule has 0 bridgehead atoms. The summed E-state index contributed by atoms with van der Waals surface area (Å²) < 4.78 is 0. The molecule has 0 spiro atoms. The number of nitrogens with two attached hydrogens (primary N) is 1. The number of carbonyl (C=O) groups is 1. The Balaban J connectivity index is 1.93. The van der Waals surface area contributed by atoms with Gasteiger partial charge < -0.3 is 15.3 Å². The molecule has 5 heteroatoms. The summed E-state index contributed by atoms with van der Waals surface area (Å²) >= 11 is 0. The molecule has 1 aromatic rings. The van der Waals surface area contributed by atoms with Crippen LogP contribution in [0.25, 0.3) is 0 Å². The van der Waals surface area contributed by atoms with E-state index in [1.54, 1.807) is 6.20 Å². The summed E-state index contributed by atoms with van der Waals surface area (Å²) in [6.07, 6.45) is 4.84. The smallest absolute Gasteiger partial charge is 0.281 e. The second-order valence-corrected chi connectivity index (χ2v) is 4.26. The van der Waals surface area contributed by atoms with E-state index >= 15 is 0 Å². The maximum absolute atomic E-state index is 10.4. The molecule has 1 saturated heterocycles. The average molecular weight is 217 g/mol. The fourth-order valence-electron chi connectivity index (χ4n) is 2.17. The lowest BCUT2D eigenvalue weighted by atomic mass is 9.86. The number of aromatic nitrogens is 1. The van der Waals surface area contributed by atoms with Crippen LogP contribution in [0.15, 0.2) is 18.3 Å². The maximum atomic E-state index is 10.4. The lowest BCUT2D eigenvalue weighted by Gasteiger charge is -2.30. The summed E-state index contributed by atoms with van der Waals surface area (Å²) in [5, 5.41) is 0. The van der Waals surface area contributed by atoms with E-state index in [1.807, 2.05) is 12.1 Å². The van der Waals surface area contributed by atoms with Crippen LogP contribution < -0.4 is 5.73 Å². The molecule has 2 heterocycles. The van der Waals surface area contributed by atoms with Crippen molar-refractivity contribution < 1.29 is 4.79 Å². The largest absolute Gasteiger partial charge is 0.397 e. The Kier molecular flexibility index (Phi) is 3.56. The van der Waals surface area contributed by atoms with Crippen LogP contribution in [-0.2, 0) is 4.79 Å². The van der Waals surface area contributed by atoms with Crippen molar-refractivity contribution in [3.63, 3.8) is 0 Å². The lowest BCUT2D eigenvalue weighted by molar-refractivity contribution is 0.328. The number of nitrogens with zero attached hydrogens (tertiary/aromatic N) is 2. The normalized spacial score (nSPS) is 18.2. The van der Waals surface area contributed by atoms with E-state index < -0.39 is 0 Å². The van der Waals surface area contributed by atoms with Crippen LogP contribution in [0, 0.1) is 0 Å². The van der Waals surface area contributed by atoms with Crippen molar-refractivity contribution in [3.8, 4) is 0 Å². The zero-order valence-corrected chi connectivity index (χ0v) is 9.30. The molecule has 0 aromatic carbocycles. The molecule has 0 amide bonds. The number of anilines is 1. The highest BCUT2D eigenvalue weighted by atomic mass is 16.1. The van der Waals surface area contributed by atoms with Gasteiger partial charge in [0.25, 0.3) is 7.41 Å². The van der Waals surface area contributed by atoms with Gasteiger partial charge in [-0.25, -0.2) is 0 Å². The number of piperidine rings is 1. The quantitative estimate of drug-likeness (QED) is 0.587. The number of hydrogen-bond acceptors (Lipinski definition) is 4. The Morgan fingerprint density at radius 3 is 2.75 bits per heavy atom. The number of pyridine rings is 1. The molecule has 1 aliphatic rings. The number of rotatable bonds is 3. The zero-order chi connectivity index (χ0) is 11.4. The van der Waals surface area contributed by atoms with E-state index in [4.69, 9.17) is 5.73 Å². The van der Waals surface area contributed by atoms with E-state index in [2.05, 4.69) is 9.79 Å². The molecule has 0 radical (unpaired) electrons. The SMILES string of the molecule is Nc1ccc(C2CCN(BC=O)CC2)nc1. The van der Waals surface area contributed by atoms with Crippen molar-refractivity contribution in [2.45, 2.75) is 18.8 Å². The Morgan fingerprint density at radius 1 is 1.44 bits per heavy atom. The van der Waals surface area contributed by atoms with Crippen LogP contribution >= 0.6 is 0 Å². The number of nitrogen functional groups attached to an aromatic ring is 1. The van der Waals surface area contributed by atoms with E-state index in [1.165, 1.54) is 0 Å². The van der Waals surface area contributed by atoms with Gasteiger partial charge in [-0.15, -0.1) is 0 Å². The van der Waals surface area contributed by atoms with Crippen molar-refractivity contribution in [2.75, 3.05) is 18.8 Å². The van der Waals surface area contributed by atoms with Gasteiger partial charge in [-0.3, -0.25) is 4.98 Å². The van der Waals surface area contributed by atoms with Gasteiger partial charge in [0.05, 0.1) is 18.1 Å². The molecule has 16 heavy (non-hydrogen) atoms. The average Bonchev–Trinajstić information content (AvgIpc) is 2.32. The fourth-order valence-corrected chi connectivity index (χ4v) is 2.17. The number of hydrogen-bond donors (Lipinski definition) is 1. The molecule has 0 saturated carbocycles. The van der Waals surface area contributed by atoms with Crippen LogP contribution in [0.3, 0.4) is 0 Å². The minimum absolute atomic E-state index is 0.517. The summed E-state index contributed by atoms with van der Waals surface area (Å²) in [5.74, 6) is 0.517. The van der Waals surface area contributed by atoms with Gasteiger partial charge in [0, 0.05) is 11.6 Å². The highest BCUT2D eigenvalue weighted by Gasteiger charge is 2.21. The Morgan fingerprint density at radius 2 is 2.19 bits per heavy atom. The number of carbonyl (C=O) groups excluding carboxylic acids is 1. The monoisotopic (exact) mass is 217 g/mol. The molecule has 1 aliphatic heterocycles. The van der Waals surface area contributed by atoms with Crippen molar-refractivity contribution in [1.82, 2.24) is 9.79 Å². The van der Waals surface area contributed by atoms with Gasteiger partial charge in [0.2, 0.25) is 0 Å². The van der Waals surface area contributed by atoms with Crippen LogP contribution in [0.1, 0.15) is 24.5 Å². The highest BCUT2D eigenvalue weighted by molar-refractivity contribution is 6.64. The maximum Gasteiger partial charge on any atom is 0.281 e. The van der Waals surface area contributed by atoms with Crippen LogP contribution in [-0.4, -0.2) is 36.5 Å². The van der Waals surface area contributed by atoms with E-state index in [0.29, 0.717) is 19.0 Å². The Labute approximate surface area is 96.1 Å². The molecule has 2 N–H and O–H groups in total. The predicted octanol–water partition coefficient (Wildman–Crippen LogP) is 0.385. The van der Waals surface area contributed by atoms with E-state index in [0.717, 1.165) is 37.8 Å². The molecule has 0 unspecified atom stereocenters. The summed E-state index contributed by atoms with van der Waals surface area (Å²) in [6.45, 7) is 1.96. The van der Waals surface area contributed by atoms with Crippen molar-refractivity contribution in [1.29, 1.82) is 0 Å². The minimum Gasteiger partial charge on any atom is -0.397 e. The zero-order valence-electron chi connectivity index (χ0n) is 9.30. The minimum atomic E-state index is 0.517. The van der Waals surface area contributed by atoms with Gasteiger partial charge >= 0.3 is 0 Å². The molecule has 1 fully saturated rings. The lowest BCUT2D eigenvalue weighted by Crippen LogP contribution is -2.36. The second kappa shape index (κ2) is 5.12. The first-order valence-electron chi connectivity index (χ1n) is 5.67. The molecule has 0 atom stereocenters. The summed E-state index contributed by atoms with van der Waals surface area (Å²) in [5.41, 5.74) is 7.44. The third-order valence-corrected chi connectivity index (χ3v) is 3.15. The van der Waals surface area contributed by atoms with Gasteiger partial charge in [0.1, 0.15) is 0 Å². The molecular weight excluding hydrogens is 201 g/mol. The molecular formula is C11H16BN3O. The van der Waals surface area contributed by atoms with Crippen LogP contribution in [0.5, 0.6) is 0 Å². The first-order valence-corrected chi connectivity index (χ1v) is 5.67. The molecule has 1 aromatic heterocycles. The predicted molar refractivity (Wildman–Crippen MR) is 66.1 cm³/mol. The van der Waals surface area contributed by atoms with Gasteiger partial charge in [-0.05, 0) is 38.1 Å². The topological polar surface area (TPSA) is 59.2 Å². The van der Waals surface area contributed by atoms with Gasteiger partial charge in [-0.1, -0.05) is 0 Å². The van der Waals surface area contributed by atoms with Crippen LogP contribution in [0.2, 0.25) is 0 Å². The summed E-state index contributed by atoms with van der Waals surface area (Å²) in [6, 6.07) is 3.91. The Hall–Kier alpha value is -1.36. The first kappa shape index (κ1) is 11.1. The van der Waals surface area contributed by atoms with E-state index in [9.17, 15) is 4.79 Å². The van der Waals surface area contributed by atoms with Gasteiger partial charge in [0.15, 0.2) is 0 Å². The molecule has 4 nitrogen and oxygen atoms in total. The first-order chi connectivity index (χ1) is 7.79. The van der Waals surface area contributed by atoms with Crippen molar-refractivity contribution >= 4 is 19.3 Å². The molecule has 84 valence electrons. The summed E-state index contributed by atoms with van der Waals surface area (Å²) in [4.78, 5) is 16.9. The standard InChI is InChI=1S/C11H16BN3O/c13-10-1-2-11(14-7-10)9-3-5-15(6-4-9)12-8-16/h1-2,7-9,12H,3-6,13H2. The van der Waals surface area contributed by atoms with E-state index in [-0.39, 0.29) is 0 Å². The Bertz CT molecular complexity index is 347. The highest BCUT2D eigenvalue weighted by Crippen LogP contribution is 2.26. The third-order valence-electron chi connectivity index (χ3n) is 3.15. The third kappa shape index (κ3) is 2.61. The van der Waals surface area contributed by atoms with Gasteiger partial charge in [-0.2, -0.15) is 0 Å². The summed E-state index contributed by atoms with van der Waals surface area (Å²) in [7, 11) is 0.557. The van der Waals surface area contributed by atoms with Crippen molar-refractivity contribution in [3.05, 3.63) is 24.0 Å². The van der Waals surface area contributed by atoms with Crippen molar-refractivity contribution in [2.24, 2.45) is 0 Å². The molecule has 2 rings (SSSR count).